The first-order valence-electron chi connectivity index (χ1n) is 6.44. The van der Waals surface area contributed by atoms with Crippen molar-refractivity contribution in [3.05, 3.63) is 29.8 Å². The van der Waals surface area contributed by atoms with Gasteiger partial charge in [-0.2, -0.15) is 0 Å². The summed E-state index contributed by atoms with van der Waals surface area (Å²) >= 11 is 0. The number of hydrogen-bond donors (Lipinski definition) is 2. The highest BCUT2D eigenvalue weighted by Gasteiger charge is 2.31. The van der Waals surface area contributed by atoms with Crippen LogP contribution in [0.3, 0.4) is 0 Å². The lowest BCUT2D eigenvalue weighted by Crippen LogP contribution is -2.49. The van der Waals surface area contributed by atoms with E-state index in [9.17, 15) is 13.6 Å². The highest BCUT2D eigenvalue weighted by molar-refractivity contribution is 5.78. The van der Waals surface area contributed by atoms with Crippen LogP contribution in [-0.2, 0) is 4.79 Å². The first-order valence-corrected chi connectivity index (χ1v) is 6.44. The van der Waals surface area contributed by atoms with Crippen LogP contribution in [0.5, 0.6) is 5.75 Å². The van der Waals surface area contributed by atoms with Crippen molar-refractivity contribution in [2.75, 3.05) is 13.2 Å². The molecular weight excluding hydrogens is 268 g/mol. The van der Waals surface area contributed by atoms with Crippen molar-refractivity contribution < 1.29 is 23.4 Å². The number of ether oxygens (including phenoxy) is 1. The molecule has 1 unspecified atom stereocenters. The number of nitrogens with one attached hydrogen (secondary N) is 1. The fraction of sp³-hybridized carbons (Fsp3) is 0.500. The molecule has 1 atom stereocenters. The number of benzene rings is 1. The van der Waals surface area contributed by atoms with Crippen molar-refractivity contribution in [1.29, 1.82) is 0 Å². The maximum Gasteiger partial charge on any atom is 0.323 e. The quantitative estimate of drug-likeness (QED) is 0.722. The minimum atomic E-state index is -1.02. The van der Waals surface area contributed by atoms with Crippen molar-refractivity contribution in [2.24, 2.45) is 0 Å². The molecule has 6 heteroatoms. The van der Waals surface area contributed by atoms with E-state index in [4.69, 9.17) is 9.84 Å². The van der Waals surface area contributed by atoms with E-state index in [0.29, 0.717) is 19.4 Å². The lowest BCUT2D eigenvalue weighted by molar-refractivity contribution is -0.144. The SMILES string of the molecule is CCNC(C)(CCCOc1cc(F)cc(F)c1)C(=O)O. The van der Waals surface area contributed by atoms with Gasteiger partial charge in [-0.1, -0.05) is 6.92 Å². The number of aliphatic carboxylic acids is 1. The number of hydrogen-bond acceptors (Lipinski definition) is 3. The van der Waals surface area contributed by atoms with Gasteiger partial charge in [0.2, 0.25) is 0 Å². The molecule has 0 saturated carbocycles. The van der Waals surface area contributed by atoms with Crippen LogP contribution >= 0.6 is 0 Å². The van der Waals surface area contributed by atoms with Gasteiger partial charge in [-0.3, -0.25) is 4.79 Å². The molecule has 0 spiro atoms. The molecule has 1 aromatic rings. The predicted molar refractivity (Wildman–Crippen MR) is 70.8 cm³/mol. The van der Waals surface area contributed by atoms with Gasteiger partial charge in [0, 0.05) is 18.2 Å². The average Bonchev–Trinajstić information content (AvgIpc) is 2.33. The molecule has 0 heterocycles. The van der Waals surface area contributed by atoms with E-state index >= 15 is 0 Å². The Labute approximate surface area is 116 Å². The first kappa shape index (κ1) is 16.4. The second kappa shape index (κ2) is 7.19. The molecule has 1 aromatic carbocycles. The highest BCUT2D eigenvalue weighted by atomic mass is 19.1. The largest absolute Gasteiger partial charge is 0.493 e. The maximum atomic E-state index is 12.9. The van der Waals surface area contributed by atoms with Gasteiger partial charge in [0.25, 0.3) is 0 Å². The molecule has 4 nitrogen and oxygen atoms in total. The van der Waals surface area contributed by atoms with Crippen LogP contribution in [0.4, 0.5) is 8.78 Å². The third-order valence-corrected chi connectivity index (χ3v) is 2.96. The van der Waals surface area contributed by atoms with Crippen LogP contribution < -0.4 is 10.1 Å². The Hall–Kier alpha value is -1.69. The summed E-state index contributed by atoms with van der Waals surface area (Å²) in [4.78, 5) is 11.2. The van der Waals surface area contributed by atoms with Crippen LogP contribution in [0.1, 0.15) is 26.7 Å². The monoisotopic (exact) mass is 287 g/mol. The smallest absolute Gasteiger partial charge is 0.323 e. The molecule has 1 rings (SSSR count). The third kappa shape index (κ3) is 4.77. The summed E-state index contributed by atoms with van der Waals surface area (Å²) in [5, 5.41) is 12.1. The second-order valence-electron chi connectivity index (χ2n) is 4.72. The minimum absolute atomic E-state index is 0.1000. The standard InChI is InChI=1S/C14H19F2NO3/c1-3-17-14(2,13(18)19)5-4-6-20-12-8-10(15)7-11(16)9-12/h7-9,17H,3-6H2,1-2H3,(H,18,19). The van der Waals surface area contributed by atoms with Gasteiger partial charge in [0.1, 0.15) is 22.9 Å². The molecule has 0 aliphatic carbocycles. The van der Waals surface area contributed by atoms with E-state index in [1.165, 1.54) is 0 Å². The lowest BCUT2D eigenvalue weighted by Gasteiger charge is -2.25. The van der Waals surface area contributed by atoms with Gasteiger partial charge in [0.05, 0.1) is 6.61 Å². The number of carboxylic acid groups (broad SMARTS) is 1. The van der Waals surface area contributed by atoms with Crippen molar-refractivity contribution in [3.63, 3.8) is 0 Å². The van der Waals surface area contributed by atoms with Crippen LogP contribution in [0.25, 0.3) is 0 Å². The Morgan fingerprint density at radius 1 is 1.35 bits per heavy atom. The first-order chi connectivity index (χ1) is 9.37. The van der Waals surface area contributed by atoms with E-state index in [1.54, 1.807) is 6.92 Å². The van der Waals surface area contributed by atoms with Gasteiger partial charge < -0.3 is 15.2 Å². The fourth-order valence-corrected chi connectivity index (χ4v) is 1.89. The molecule has 20 heavy (non-hydrogen) atoms. The van der Waals surface area contributed by atoms with Crippen molar-refractivity contribution in [1.82, 2.24) is 5.32 Å². The molecule has 0 radical (unpaired) electrons. The zero-order valence-corrected chi connectivity index (χ0v) is 11.6. The van der Waals surface area contributed by atoms with E-state index in [1.807, 2.05) is 6.92 Å². The van der Waals surface area contributed by atoms with Crippen molar-refractivity contribution in [2.45, 2.75) is 32.2 Å². The molecule has 112 valence electrons. The molecule has 0 aromatic heterocycles. The van der Waals surface area contributed by atoms with Crippen LogP contribution in [-0.4, -0.2) is 29.8 Å². The van der Waals surface area contributed by atoms with Gasteiger partial charge in [0.15, 0.2) is 0 Å². The molecule has 0 bridgehead atoms. The van der Waals surface area contributed by atoms with Crippen LogP contribution in [0, 0.1) is 11.6 Å². The zero-order chi connectivity index (χ0) is 15.2. The molecule has 2 N–H and O–H groups in total. The Morgan fingerprint density at radius 2 is 1.95 bits per heavy atom. The maximum absolute atomic E-state index is 12.9. The van der Waals surface area contributed by atoms with E-state index in [0.717, 1.165) is 18.2 Å². The van der Waals surface area contributed by atoms with Gasteiger partial charge in [-0.05, 0) is 26.3 Å². The number of halogens is 2. The third-order valence-electron chi connectivity index (χ3n) is 2.96. The topological polar surface area (TPSA) is 58.6 Å². The van der Waals surface area contributed by atoms with E-state index < -0.39 is 23.1 Å². The molecule has 0 aliphatic rings. The number of likely N-dealkylation sites (N-methyl/N-ethyl adjacent to an activating group) is 1. The van der Waals surface area contributed by atoms with Gasteiger partial charge >= 0.3 is 5.97 Å². The summed E-state index contributed by atoms with van der Waals surface area (Å²) < 4.78 is 31.1. The van der Waals surface area contributed by atoms with E-state index in [2.05, 4.69) is 5.32 Å². The van der Waals surface area contributed by atoms with E-state index in [-0.39, 0.29) is 12.4 Å². The van der Waals surface area contributed by atoms with Crippen molar-refractivity contribution in [3.8, 4) is 5.75 Å². The Bertz CT molecular complexity index is 447. The van der Waals surface area contributed by atoms with Crippen LogP contribution in [0.2, 0.25) is 0 Å². The normalized spacial score (nSPS) is 13.8. The summed E-state index contributed by atoms with van der Waals surface area (Å²) in [5.41, 5.74) is -1.02. The fourth-order valence-electron chi connectivity index (χ4n) is 1.89. The summed E-state index contributed by atoms with van der Waals surface area (Å²) in [6.07, 6.45) is 0.807. The number of rotatable bonds is 8. The minimum Gasteiger partial charge on any atom is -0.493 e. The van der Waals surface area contributed by atoms with Gasteiger partial charge in [-0.25, -0.2) is 8.78 Å². The predicted octanol–water partition coefficient (Wildman–Crippen LogP) is 2.58. The Balaban J connectivity index is 2.46. The molecule has 0 amide bonds. The van der Waals surface area contributed by atoms with Crippen LogP contribution in [0.15, 0.2) is 18.2 Å². The molecule has 0 aliphatic heterocycles. The van der Waals surface area contributed by atoms with Crippen molar-refractivity contribution >= 4 is 5.97 Å². The molecule has 0 fully saturated rings. The second-order valence-corrected chi connectivity index (χ2v) is 4.72. The Kier molecular flexibility index (Phi) is 5.88. The zero-order valence-electron chi connectivity index (χ0n) is 11.6. The summed E-state index contributed by atoms with van der Waals surface area (Å²) in [5.74, 6) is -2.25. The summed E-state index contributed by atoms with van der Waals surface area (Å²) in [7, 11) is 0. The molecular formula is C14H19F2NO3. The average molecular weight is 287 g/mol. The van der Waals surface area contributed by atoms with Gasteiger partial charge in [-0.15, -0.1) is 0 Å². The number of carboxylic acids is 1. The summed E-state index contributed by atoms with van der Waals surface area (Å²) in [6.45, 7) is 4.16. The summed E-state index contributed by atoms with van der Waals surface area (Å²) in [6, 6.07) is 2.94. The molecule has 0 saturated heterocycles. The Morgan fingerprint density at radius 3 is 2.45 bits per heavy atom. The lowest BCUT2D eigenvalue weighted by atomic mass is 9.96. The highest BCUT2D eigenvalue weighted by Crippen LogP contribution is 2.17. The number of carbonyl (C=O) groups is 1.